The maximum Gasteiger partial charge on any atom is 0.360 e. The predicted octanol–water partition coefficient (Wildman–Crippen LogP) is 6.19. The maximum atomic E-state index is 13.0. The largest absolute Gasteiger partial charge is 0.461 e. The molecule has 0 amide bonds. The minimum absolute atomic E-state index is 0.132. The number of hydrogen-bond acceptors (Lipinski definition) is 6. The zero-order chi connectivity index (χ0) is 25.4. The van der Waals surface area contributed by atoms with Crippen LogP contribution in [0.1, 0.15) is 52.6 Å². The monoisotopic (exact) mass is 520 g/mol. The van der Waals surface area contributed by atoms with Crippen molar-refractivity contribution in [2.75, 3.05) is 24.6 Å². The van der Waals surface area contributed by atoms with Gasteiger partial charge in [0.2, 0.25) is 0 Å². The number of carbonyl (C=O) groups excluding carboxylic acids is 1. The molecule has 1 aliphatic carbocycles. The van der Waals surface area contributed by atoms with E-state index in [0.29, 0.717) is 32.8 Å². The fourth-order valence-electron chi connectivity index (χ4n) is 5.51. The van der Waals surface area contributed by atoms with Crippen LogP contribution in [0.15, 0.2) is 36.4 Å². The van der Waals surface area contributed by atoms with Crippen molar-refractivity contribution < 1.29 is 9.53 Å². The summed E-state index contributed by atoms with van der Waals surface area (Å²) >= 11 is 12.7. The number of aryl methyl sites for hydroxylation is 1. The number of halogens is 2. The van der Waals surface area contributed by atoms with E-state index in [0.717, 1.165) is 44.3 Å². The molecule has 0 saturated carbocycles. The molecule has 0 radical (unpaired) electrons. The zero-order valence-electron chi connectivity index (χ0n) is 20.3. The standard InChI is InChI=1S/C28H26Cl2N4O2/c1-3-36-27(35)25-26(32-17(2)24(33-25)20-8-5-9-22(29)23(20)30)34-12-10-28(11-13-34)14-18-6-4-7-19(16-31)21(18)15-28/h4-9H,3,10-15H2,1-2H3. The molecule has 6 nitrogen and oxygen atoms in total. The molecule has 2 aromatic carbocycles. The smallest absolute Gasteiger partial charge is 0.360 e. The summed E-state index contributed by atoms with van der Waals surface area (Å²) in [5, 5.41) is 10.3. The van der Waals surface area contributed by atoms with Gasteiger partial charge in [-0.25, -0.2) is 14.8 Å². The summed E-state index contributed by atoms with van der Waals surface area (Å²) < 4.78 is 5.35. The molecule has 0 bridgehead atoms. The lowest BCUT2D eigenvalue weighted by Gasteiger charge is -2.40. The lowest BCUT2D eigenvalue weighted by molar-refractivity contribution is 0.0519. The highest BCUT2D eigenvalue weighted by molar-refractivity contribution is 6.43. The van der Waals surface area contributed by atoms with E-state index < -0.39 is 5.97 Å². The van der Waals surface area contributed by atoms with E-state index in [9.17, 15) is 10.1 Å². The Balaban J connectivity index is 1.46. The van der Waals surface area contributed by atoms with Gasteiger partial charge in [0, 0.05) is 18.7 Å². The van der Waals surface area contributed by atoms with Crippen molar-refractivity contribution in [1.29, 1.82) is 5.26 Å². The molecule has 184 valence electrons. The van der Waals surface area contributed by atoms with E-state index in [1.165, 1.54) is 11.1 Å². The van der Waals surface area contributed by atoms with Crippen LogP contribution in [0, 0.1) is 23.7 Å². The quantitative estimate of drug-likeness (QED) is 0.381. The highest BCUT2D eigenvalue weighted by Crippen LogP contribution is 2.46. The molecule has 2 heterocycles. The number of ether oxygens (including phenoxy) is 1. The number of nitriles is 1. The van der Waals surface area contributed by atoms with E-state index in [2.05, 4.69) is 17.0 Å². The van der Waals surface area contributed by atoms with Gasteiger partial charge in [0.15, 0.2) is 11.5 Å². The van der Waals surface area contributed by atoms with Gasteiger partial charge in [-0.05, 0) is 68.2 Å². The van der Waals surface area contributed by atoms with Crippen LogP contribution in [0.25, 0.3) is 11.3 Å². The third-order valence-corrected chi connectivity index (χ3v) is 8.18. The summed E-state index contributed by atoms with van der Waals surface area (Å²) in [5.41, 5.74) is 5.38. The molecule has 8 heteroatoms. The van der Waals surface area contributed by atoms with Gasteiger partial charge in [0.25, 0.3) is 0 Å². The van der Waals surface area contributed by atoms with Crippen molar-refractivity contribution in [1.82, 2.24) is 9.97 Å². The van der Waals surface area contributed by atoms with Crippen LogP contribution in [0.2, 0.25) is 10.0 Å². The molecule has 2 aliphatic rings. The Hall–Kier alpha value is -3.14. The molecule has 1 fully saturated rings. The Morgan fingerprint density at radius 3 is 2.61 bits per heavy atom. The maximum absolute atomic E-state index is 13.0. The fraction of sp³-hybridized carbons (Fsp3) is 0.357. The minimum atomic E-state index is -0.508. The number of esters is 1. The van der Waals surface area contributed by atoms with Gasteiger partial charge in [0.1, 0.15) is 0 Å². The number of carbonyl (C=O) groups is 1. The molecule has 0 atom stereocenters. The van der Waals surface area contributed by atoms with Crippen LogP contribution in [0.5, 0.6) is 0 Å². The van der Waals surface area contributed by atoms with Crippen molar-refractivity contribution in [3.63, 3.8) is 0 Å². The van der Waals surface area contributed by atoms with Crippen LogP contribution in [0.4, 0.5) is 5.82 Å². The molecule has 5 rings (SSSR count). The van der Waals surface area contributed by atoms with Crippen molar-refractivity contribution in [3.8, 4) is 17.3 Å². The van der Waals surface area contributed by atoms with Gasteiger partial charge in [-0.3, -0.25) is 0 Å². The van der Waals surface area contributed by atoms with Crippen LogP contribution in [-0.2, 0) is 17.6 Å². The SMILES string of the molecule is CCOC(=O)c1nc(-c2cccc(Cl)c2Cl)c(C)nc1N1CCC2(CC1)Cc1cccc(C#N)c1C2. The molecule has 1 spiro atoms. The summed E-state index contributed by atoms with van der Waals surface area (Å²) in [6.45, 7) is 5.36. The molecule has 1 aliphatic heterocycles. The number of piperidine rings is 1. The highest BCUT2D eigenvalue weighted by Gasteiger charge is 2.41. The Morgan fingerprint density at radius 1 is 1.14 bits per heavy atom. The third-order valence-electron chi connectivity index (χ3n) is 7.36. The number of nitrogens with zero attached hydrogens (tertiary/aromatic N) is 4. The van der Waals surface area contributed by atoms with Crippen LogP contribution in [-0.4, -0.2) is 35.6 Å². The third kappa shape index (κ3) is 4.31. The van der Waals surface area contributed by atoms with Crippen LogP contribution < -0.4 is 4.90 Å². The number of aromatic nitrogens is 2. The number of fused-ring (bicyclic) bond motifs is 1. The first-order valence-electron chi connectivity index (χ1n) is 12.1. The number of hydrogen-bond donors (Lipinski definition) is 0. The second-order valence-electron chi connectivity index (χ2n) is 9.55. The molecule has 1 saturated heterocycles. The molecule has 36 heavy (non-hydrogen) atoms. The van der Waals surface area contributed by atoms with Crippen molar-refractivity contribution in [2.24, 2.45) is 5.41 Å². The average molecular weight is 521 g/mol. The lowest BCUT2D eigenvalue weighted by Crippen LogP contribution is -2.42. The Kier molecular flexibility index (Phi) is 6.63. The van der Waals surface area contributed by atoms with Crippen molar-refractivity contribution in [3.05, 3.63) is 74.5 Å². The van der Waals surface area contributed by atoms with E-state index in [4.69, 9.17) is 37.9 Å². The summed E-state index contributed by atoms with van der Waals surface area (Å²) in [6.07, 6.45) is 3.78. The van der Waals surface area contributed by atoms with Gasteiger partial charge in [-0.2, -0.15) is 5.26 Å². The van der Waals surface area contributed by atoms with Gasteiger partial charge in [0.05, 0.1) is 39.7 Å². The van der Waals surface area contributed by atoms with Gasteiger partial charge >= 0.3 is 5.97 Å². The van der Waals surface area contributed by atoms with E-state index in [1.807, 2.05) is 25.1 Å². The Bertz CT molecular complexity index is 1390. The zero-order valence-corrected chi connectivity index (χ0v) is 21.8. The summed E-state index contributed by atoms with van der Waals surface area (Å²) in [5.74, 6) is 0.0301. The predicted molar refractivity (Wildman–Crippen MR) is 141 cm³/mol. The van der Waals surface area contributed by atoms with Gasteiger partial charge < -0.3 is 9.64 Å². The minimum Gasteiger partial charge on any atom is -0.461 e. The lowest BCUT2D eigenvalue weighted by atomic mass is 9.76. The van der Waals surface area contributed by atoms with Crippen LogP contribution >= 0.6 is 23.2 Å². The van der Waals surface area contributed by atoms with Gasteiger partial charge in [-0.1, -0.05) is 47.5 Å². The number of benzene rings is 2. The molecule has 0 unspecified atom stereocenters. The summed E-state index contributed by atoms with van der Waals surface area (Å²) in [7, 11) is 0. The number of rotatable bonds is 4. The van der Waals surface area contributed by atoms with E-state index in [1.54, 1.807) is 19.1 Å². The fourth-order valence-corrected chi connectivity index (χ4v) is 5.90. The summed E-state index contributed by atoms with van der Waals surface area (Å²) in [6, 6.07) is 13.7. The topological polar surface area (TPSA) is 79.1 Å². The summed E-state index contributed by atoms with van der Waals surface area (Å²) in [4.78, 5) is 24.7. The molecule has 0 N–H and O–H groups in total. The first-order valence-corrected chi connectivity index (χ1v) is 12.9. The normalized spacial score (nSPS) is 16.0. The molecule has 3 aromatic rings. The second kappa shape index (κ2) is 9.72. The Labute approximate surface area is 220 Å². The first kappa shape index (κ1) is 24.5. The second-order valence-corrected chi connectivity index (χ2v) is 10.3. The highest BCUT2D eigenvalue weighted by atomic mass is 35.5. The van der Waals surface area contributed by atoms with E-state index >= 15 is 0 Å². The van der Waals surface area contributed by atoms with Crippen molar-refractivity contribution in [2.45, 2.75) is 39.5 Å². The van der Waals surface area contributed by atoms with Crippen molar-refractivity contribution >= 4 is 35.0 Å². The molecule has 1 aromatic heterocycles. The molecular formula is C28H26Cl2N4O2. The first-order chi connectivity index (χ1) is 17.4. The Morgan fingerprint density at radius 2 is 1.89 bits per heavy atom. The van der Waals surface area contributed by atoms with Gasteiger partial charge in [-0.15, -0.1) is 0 Å². The number of anilines is 1. The average Bonchev–Trinajstić information content (AvgIpc) is 3.24. The van der Waals surface area contributed by atoms with Crippen LogP contribution in [0.3, 0.4) is 0 Å². The molecular weight excluding hydrogens is 495 g/mol. The van der Waals surface area contributed by atoms with E-state index in [-0.39, 0.29) is 17.7 Å².